The third-order valence-electron chi connectivity index (χ3n) is 2.68. The average molecular weight is 270 g/mol. The van der Waals surface area contributed by atoms with E-state index in [2.05, 4.69) is 4.98 Å². The normalized spacial score (nSPS) is 10.3. The summed E-state index contributed by atoms with van der Waals surface area (Å²) < 4.78 is 0. The predicted molar refractivity (Wildman–Crippen MR) is 69.4 cm³/mol. The molecule has 18 heavy (non-hydrogen) atoms. The van der Waals surface area contributed by atoms with Crippen LogP contribution in [0, 0.1) is 6.92 Å². The standard InChI is InChI=1S/C12H18N2O3S/c1-9-10(18-8-13-9)7-14(2)11(15)5-3-4-6-12(16)17/h8H,3-7H2,1-2H3,(H,16,17). The van der Waals surface area contributed by atoms with Crippen LogP contribution >= 0.6 is 11.3 Å². The van der Waals surface area contributed by atoms with Gasteiger partial charge in [0, 0.05) is 24.8 Å². The van der Waals surface area contributed by atoms with E-state index in [0.717, 1.165) is 10.6 Å². The van der Waals surface area contributed by atoms with Gasteiger partial charge in [-0.1, -0.05) is 0 Å². The maximum atomic E-state index is 11.8. The largest absolute Gasteiger partial charge is 0.481 e. The van der Waals surface area contributed by atoms with Gasteiger partial charge in [0.1, 0.15) is 0 Å². The molecular weight excluding hydrogens is 252 g/mol. The molecule has 0 bridgehead atoms. The summed E-state index contributed by atoms with van der Waals surface area (Å²) in [4.78, 5) is 29.0. The molecule has 1 heterocycles. The molecule has 0 spiro atoms. The number of nitrogens with zero attached hydrogens (tertiary/aromatic N) is 2. The van der Waals surface area contributed by atoms with Crippen LogP contribution in [0.5, 0.6) is 0 Å². The number of aryl methyl sites for hydroxylation is 1. The minimum atomic E-state index is -0.809. The second-order valence-corrected chi connectivity index (χ2v) is 5.15. The van der Waals surface area contributed by atoms with E-state index in [-0.39, 0.29) is 12.3 Å². The zero-order chi connectivity index (χ0) is 13.5. The fourth-order valence-electron chi connectivity index (χ4n) is 1.52. The molecular formula is C12H18N2O3S. The minimum Gasteiger partial charge on any atom is -0.481 e. The Morgan fingerprint density at radius 3 is 2.61 bits per heavy atom. The lowest BCUT2D eigenvalue weighted by molar-refractivity contribution is -0.137. The molecule has 1 rings (SSSR count). The number of carbonyl (C=O) groups excluding carboxylic acids is 1. The first kappa shape index (κ1) is 14.6. The summed E-state index contributed by atoms with van der Waals surface area (Å²) in [7, 11) is 1.76. The first-order valence-corrected chi connectivity index (χ1v) is 6.73. The number of aliphatic carboxylic acids is 1. The molecule has 100 valence electrons. The smallest absolute Gasteiger partial charge is 0.303 e. The summed E-state index contributed by atoms with van der Waals surface area (Å²) in [5.41, 5.74) is 2.74. The number of amides is 1. The second kappa shape index (κ2) is 7.10. The highest BCUT2D eigenvalue weighted by molar-refractivity contribution is 7.09. The van der Waals surface area contributed by atoms with Crippen molar-refractivity contribution in [2.45, 2.75) is 39.2 Å². The van der Waals surface area contributed by atoms with Crippen LogP contribution in [0.15, 0.2) is 5.51 Å². The first-order valence-electron chi connectivity index (χ1n) is 5.85. The van der Waals surface area contributed by atoms with Crippen LogP contribution in [0.4, 0.5) is 0 Å². The number of thiazole rings is 1. The molecule has 1 aromatic rings. The molecule has 1 N–H and O–H groups in total. The van der Waals surface area contributed by atoms with Crippen molar-refractivity contribution in [3.05, 3.63) is 16.1 Å². The Hall–Kier alpha value is -1.43. The fraction of sp³-hybridized carbons (Fsp3) is 0.583. The number of hydrogen-bond acceptors (Lipinski definition) is 4. The lowest BCUT2D eigenvalue weighted by Gasteiger charge is -2.16. The number of carboxylic acid groups (broad SMARTS) is 1. The van der Waals surface area contributed by atoms with E-state index in [1.54, 1.807) is 28.8 Å². The molecule has 0 unspecified atom stereocenters. The van der Waals surface area contributed by atoms with Crippen molar-refractivity contribution >= 4 is 23.2 Å². The highest BCUT2D eigenvalue weighted by atomic mass is 32.1. The molecule has 0 atom stereocenters. The van der Waals surface area contributed by atoms with Gasteiger partial charge in [-0.2, -0.15) is 0 Å². The summed E-state index contributed by atoms with van der Waals surface area (Å²) in [6, 6.07) is 0. The summed E-state index contributed by atoms with van der Waals surface area (Å²) >= 11 is 1.54. The van der Waals surface area contributed by atoms with Crippen molar-refractivity contribution in [2.75, 3.05) is 7.05 Å². The number of carbonyl (C=O) groups is 2. The van der Waals surface area contributed by atoms with E-state index >= 15 is 0 Å². The van der Waals surface area contributed by atoms with Crippen molar-refractivity contribution in [1.29, 1.82) is 0 Å². The average Bonchev–Trinajstić information content (AvgIpc) is 2.70. The van der Waals surface area contributed by atoms with Crippen LogP contribution in [-0.2, 0) is 16.1 Å². The van der Waals surface area contributed by atoms with Crippen LogP contribution in [0.3, 0.4) is 0 Å². The van der Waals surface area contributed by atoms with Crippen LogP contribution < -0.4 is 0 Å². The minimum absolute atomic E-state index is 0.0492. The van der Waals surface area contributed by atoms with Crippen molar-refractivity contribution < 1.29 is 14.7 Å². The van der Waals surface area contributed by atoms with E-state index in [1.165, 1.54) is 0 Å². The maximum Gasteiger partial charge on any atom is 0.303 e. The molecule has 0 aliphatic heterocycles. The van der Waals surface area contributed by atoms with Gasteiger partial charge in [-0.15, -0.1) is 11.3 Å². The Labute approximate surface area is 110 Å². The maximum absolute atomic E-state index is 11.8. The van der Waals surface area contributed by atoms with Crippen molar-refractivity contribution in [2.24, 2.45) is 0 Å². The van der Waals surface area contributed by atoms with E-state index in [4.69, 9.17) is 5.11 Å². The number of carboxylic acids is 1. The Bertz CT molecular complexity index is 417. The Kier molecular flexibility index (Phi) is 5.77. The molecule has 0 aliphatic rings. The highest BCUT2D eigenvalue weighted by Crippen LogP contribution is 2.15. The number of hydrogen-bond donors (Lipinski definition) is 1. The molecule has 6 heteroatoms. The summed E-state index contributed by atoms with van der Waals surface area (Å²) in [5, 5.41) is 8.49. The molecule has 0 aliphatic carbocycles. The van der Waals surface area contributed by atoms with Gasteiger partial charge in [-0.05, 0) is 19.8 Å². The van der Waals surface area contributed by atoms with Gasteiger partial charge in [0.25, 0.3) is 0 Å². The molecule has 1 aromatic heterocycles. The van der Waals surface area contributed by atoms with Crippen LogP contribution in [0.25, 0.3) is 0 Å². The van der Waals surface area contributed by atoms with Crippen molar-refractivity contribution in [3.8, 4) is 0 Å². The van der Waals surface area contributed by atoms with Crippen LogP contribution in [-0.4, -0.2) is 33.9 Å². The van der Waals surface area contributed by atoms with E-state index in [1.807, 2.05) is 6.92 Å². The van der Waals surface area contributed by atoms with Crippen molar-refractivity contribution in [3.63, 3.8) is 0 Å². The monoisotopic (exact) mass is 270 g/mol. The highest BCUT2D eigenvalue weighted by Gasteiger charge is 2.11. The van der Waals surface area contributed by atoms with E-state index in [9.17, 15) is 9.59 Å². The molecule has 5 nitrogen and oxygen atoms in total. The number of rotatable bonds is 7. The van der Waals surface area contributed by atoms with Gasteiger partial charge >= 0.3 is 5.97 Å². The lowest BCUT2D eigenvalue weighted by atomic mass is 10.2. The first-order chi connectivity index (χ1) is 8.50. The third kappa shape index (κ3) is 4.83. The lowest BCUT2D eigenvalue weighted by Crippen LogP contribution is -2.25. The van der Waals surface area contributed by atoms with Gasteiger partial charge in [-0.3, -0.25) is 9.59 Å². The number of unbranched alkanes of at least 4 members (excludes halogenated alkanes) is 1. The van der Waals surface area contributed by atoms with Gasteiger partial charge < -0.3 is 10.0 Å². The van der Waals surface area contributed by atoms with Gasteiger partial charge in [0.05, 0.1) is 17.7 Å². The molecule has 0 saturated heterocycles. The van der Waals surface area contributed by atoms with Gasteiger partial charge in [0.2, 0.25) is 5.91 Å². The van der Waals surface area contributed by atoms with Crippen LogP contribution in [0.1, 0.15) is 36.3 Å². The summed E-state index contributed by atoms with van der Waals surface area (Å²) in [5.74, 6) is -0.760. The van der Waals surface area contributed by atoms with Gasteiger partial charge in [0.15, 0.2) is 0 Å². The topological polar surface area (TPSA) is 70.5 Å². The van der Waals surface area contributed by atoms with E-state index in [0.29, 0.717) is 25.8 Å². The molecule has 0 radical (unpaired) electrons. The van der Waals surface area contributed by atoms with Gasteiger partial charge in [-0.25, -0.2) is 4.98 Å². The zero-order valence-corrected chi connectivity index (χ0v) is 11.5. The Morgan fingerprint density at radius 2 is 2.06 bits per heavy atom. The SMILES string of the molecule is Cc1ncsc1CN(C)C(=O)CCCCC(=O)O. The molecule has 0 saturated carbocycles. The summed E-state index contributed by atoms with van der Waals surface area (Å²) in [6.45, 7) is 2.51. The molecule has 1 amide bonds. The molecule has 0 aromatic carbocycles. The van der Waals surface area contributed by atoms with E-state index < -0.39 is 5.97 Å². The summed E-state index contributed by atoms with van der Waals surface area (Å²) in [6.07, 6.45) is 1.71. The quantitative estimate of drug-likeness (QED) is 0.770. The van der Waals surface area contributed by atoms with Crippen molar-refractivity contribution in [1.82, 2.24) is 9.88 Å². The predicted octanol–water partition coefficient (Wildman–Crippen LogP) is 2.05. The zero-order valence-electron chi connectivity index (χ0n) is 10.7. The van der Waals surface area contributed by atoms with Crippen LogP contribution in [0.2, 0.25) is 0 Å². The number of aromatic nitrogens is 1. The third-order valence-corrected chi connectivity index (χ3v) is 3.60. The molecule has 0 fully saturated rings. The Balaban J connectivity index is 2.29. The fourth-order valence-corrected chi connectivity index (χ4v) is 2.35. The second-order valence-electron chi connectivity index (χ2n) is 4.21. The Morgan fingerprint density at radius 1 is 1.39 bits per heavy atom.